The normalized spacial score (nSPS) is 25.7. The van der Waals surface area contributed by atoms with Gasteiger partial charge >= 0.3 is 0 Å². The fourth-order valence-corrected chi connectivity index (χ4v) is 4.17. The van der Waals surface area contributed by atoms with Gasteiger partial charge in [-0.2, -0.15) is 15.0 Å². The second-order valence-corrected chi connectivity index (χ2v) is 6.69. The minimum Gasteiger partial charge on any atom is -0.497 e. The number of carbonyl (C=O) groups is 1. The number of piperidine rings is 1. The van der Waals surface area contributed by atoms with Crippen molar-refractivity contribution in [2.24, 2.45) is 0 Å². The Morgan fingerprint density at radius 3 is 2.29 bits per heavy atom. The number of methoxy groups -OCH3 is 1. The van der Waals surface area contributed by atoms with Crippen molar-refractivity contribution in [1.29, 1.82) is 0 Å². The molecule has 2 aromatic rings. The third-order valence-electron chi connectivity index (χ3n) is 5.27. The van der Waals surface area contributed by atoms with Gasteiger partial charge in [-0.05, 0) is 43.4 Å². The van der Waals surface area contributed by atoms with Crippen molar-refractivity contribution in [1.82, 2.24) is 19.9 Å². The Balaban J connectivity index is 1.44. The zero-order chi connectivity index (χ0) is 16.5. The van der Waals surface area contributed by atoms with Crippen molar-refractivity contribution >= 4 is 5.91 Å². The predicted octanol–water partition coefficient (Wildman–Crippen LogP) is 2.22. The van der Waals surface area contributed by atoms with Crippen molar-refractivity contribution in [2.45, 2.75) is 50.2 Å². The van der Waals surface area contributed by atoms with Crippen molar-refractivity contribution in [3.05, 3.63) is 42.2 Å². The molecule has 2 unspecified atom stereocenters. The van der Waals surface area contributed by atoms with Crippen LogP contribution in [0.1, 0.15) is 37.3 Å². The lowest BCUT2D eigenvalue weighted by Gasteiger charge is -2.38. The first-order valence-electron chi connectivity index (χ1n) is 8.54. The lowest BCUT2D eigenvalue weighted by atomic mass is 9.97. The van der Waals surface area contributed by atoms with Crippen LogP contribution in [0.25, 0.3) is 0 Å². The van der Waals surface area contributed by atoms with Crippen LogP contribution >= 0.6 is 0 Å². The van der Waals surface area contributed by atoms with Crippen LogP contribution in [0, 0.1) is 0 Å². The molecule has 1 aromatic carbocycles. The standard InChI is InChI=1S/C18H22N4O2/c1-24-17-6-2-13(3-7-17)10-18(23)21-14-4-5-15(21)12-16(11-14)22-19-8-9-20-22/h2-3,6-9,14-16H,4-5,10-12H2,1H3. The fraction of sp³-hybridized carbons (Fsp3) is 0.500. The number of aromatic nitrogens is 3. The van der Waals surface area contributed by atoms with Gasteiger partial charge in [0.15, 0.2) is 0 Å². The topological polar surface area (TPSA) is 60.2 Å². The molecule has 2 aliphatic rings. The van der Waals surface area contributed by atoms with E-state index >= 15 is 0 Å². The number of hydrogen-bond donors (Lipinski definition) is 0. The summed E-state index contributed by atoms with van der Waals surface area (Å²) in [5.41, 5.74) is 1.04. The van der Waals surface area contributed by atoms with Crippen LogP contribution in [0.4, 0.5) is 0 Å². The molecular formula is C18H22N4O2. The molecule has 6 heteroatoms. The summed E-state index contributed by atoms with van der Waals surface area (Å²) >= 11 is 0. The van der Waals surface area contributed by atoms with E-state index in [2.05, 4.69) is 15.1 Å². The number of amides is 1. The van der Waals surface area contributed by atoms with Gasteiger partial charge in [-0.25, -0.2) is 0 Å². The molecule has 3 heterocycles. The number of hydrogen-bond acceptors (Lipinski definition) is 4. The van der Waals surface area contributed by atoms with Crippen molar-refractivity contribution < 1.29 is 9.53 Å². The highest BCUT2D eigenvalue weighted by Gasteiger charge is 2.43. The lowest BCUT2D eigenvalue weighted by Crippen LogP contribution is -2.47. The molecule has 4 rings (SSSR count). The molecule has 1 aromatic heterocycles. The van der Waals surface area contributed by atoms with E-state index in [1.165, 1.54) is 0 Å². The van der Waals surface area contributed by atoms with Gasteiger partial charge in [-0.15, -0.1) is 0 Å². The first kappa shape index (κ1) is 15.2. The maximum atomic E-state index is 12.8. The molecule has 0 spiro atoms. The minimum atomic E-state index is 0.236. The summed E-state index contributed by atoms with van der Waals surface area (Å²) < 4.78 is 5.17. The average Bonchev–Trinajstić information content (AvgIpc) is 3.22. The van der Waals surface area contributed by atoms with E-state index < -0.39 is 0 Å². The van der Waals surface area contributed by atoms with Gasteiger partial charge in [0.2, 0.25) is 5.91 Å². The third kappa shape index (κ3) is 2.77. The highest BCUT2D eigenvalue weighted by Crippen LogP contribution is 2.40. The van der Waals surface area contributed by atoms with Crippen molar-refractivity contribution in [3.63, 3.8) is 0 Å². The summed E-state index contributed by atoms with van der Waals surface area (Å²) in [4.78, 5) is 16.8. The van der Waals surface area contributed by atoms with E-state index in [0.717, 1.165) is 37.0 Å². The summed E-state index contributed by atoms with van der Waals surface area (Å²) in [5.74, 6) is 1.05. The number of ether oxygens (including phenoxy) is 1. The molecule has 0 N–H and O–H groups in total. The molecule has 2 saturated heterocycles. The van der Waals surface area contributed by atoms with Gasteiger partial charge in [0.05, 0.1) is 32.0 Å². The number of carbonyl (C=O) groups excluding carboxylic acids is 1. The number of nitrogens with zero attached hydrogens (tertiary/aromatic N) is 4. The predicted molar refractivity (Wildman–Crippen MR) is 88.6 cm³/mol. The van der Waals surface area contributed by atoms with Crippen LogP contribution in [0.15, 0.2) is 36.7 Å². The molecule has 6 nitrogen and oxygen atoms in total. The second-order valence-electron chi connectivity index (χ2n) is 6.69. The van der Waals surface area contributed by atoms with Crippen LogP contribution in [0.5, 0.6) is 5.75 Å². The second kappa shape index (κ2) is 6.26. The summed E-state index contributed by atoms with van der Waals surface area (Å²) in [7, 11) is 1.65. The maximum absolute atomic E-state index is 12.8. The Hall–Kier alpha value is -2.37. The highest BCUT2D eigenvalue weighted by molar-refractivity contribution is 5.80. The van der Waals surface area contributed by atoms with E-state index in [-0.39, 0.29) is 5.91 Å². The van der Waals surface area contributed by atoms with Crippen LogP contribution in [-0.2, 0) is 11.2 Å². The summed E-state index contributed by atoms with van der Waals surface area (Å²) in [5, 5.41) is 8.56. The first-order valence-corrected chi connectivity index (χ1v) is 8.54. The molecule has 0 radical (unpaired) electrons. The number of rotatable bonds is 4. The van der Waals surface area contributed by atoms with Gasteiger partial charge in [-0.1, -0.05) is 12.1 Å². The highest BCUT2D eigenvalue weighted by atomic mass is 16.5. The Morgan fingerprint density at radius 2 is 1.71 bits per heavy atom. The molecular weight excluding hydrogens is 304 g/mol. The lowest BCUT2D eigenvalue weighted by molar-refractivity contribution is -0.135. The van der Waals surface area contributed by atoms with Crippen LogP contribution < -0.4 is 4.74 Å². The van der Waals surface area contributed by atoms with Gasteiger partial charge in [-0.3, -0.25) is 4.79 Å². The first-order chi connectivity index (χ1) is 11.7. The molecule has 126 valence electrons. The zero-order valence-corrected chi connectivity index (χ0v) is 13.8. The van der Waals surface area contributed by atoms with Gasteiger partial charge < -0.3 is 9.64 Å². The van der Waals surface area contributed by atoms with Crippen LogP contribution in [-0.4, -0.2) is 45.0 Å². The Morgan fingerprint density at radius 1 is 1.08 bits per heavy atom. The Kier molecular flexibility index (Phi) is 3.96. The number of fused-ring (bicyclic) bond motifs is 2. The fourth-order valence-electron chi connectivity index (χ4n) is 4.17. The van der Waals surface area contributed by atoms with Gasteiger partial charge in [0.1, 0.15) is 5.75 Å². The number of benzene rings is 1. The Bertz CT molecular complexity index is 684. The molecule has 1 amide bonds. The molecule has 2 fully saturated rings. The molecule has 0 aliphatic carbocycles. The SMILES string of the molecule is COc1ccc(CC(=O)N2C3CCC2CC(n2nccn2)C3)cc1. The molecule has 24 heavy (non-hydrogen) atoms. The van der Waals surface area contributed by atoms with E-state index in [0.29, 0.717) is 24.5 Å². The summed E-state index contributed by atoms with van der Waals surface area (Å²) in [6, 6.07) is 8.73. The summed E-state index contributed by atoms with van der Waals surface area (Å²) in [6.45, 7) is 0. The van der Waals surface area contributed by atoms with E-state index in [1.54, 1.807) is 19.5 Å². The quantitative estimate of drug-likeness (QED) is 0.864. The zero-order valence-electron chi connectivity index (χ0n) is 13.8. The van der Waals surface area contributed by atoms with Crippen molar-refractivity contribution in [3.8, 4) is 5.75 Å². The van der Waals surface area contributed by atoms with Crippen LogP contribution in [0.3, 0.4) is 0 Å². The summed E-state index contributed by atoms with van der Waals surface area (Å²) in [6.07, 6.45) is 8.01. The Labute approximate surface area is 141 Å². The molecule has 2 aliphatic heterocycles. The molecule has 2 bridgehead atoms. The maximum Gasteiger partial charge on any atom is 0.227 e. The van der Waals surface area contributed by atoms with E-state index in [9.17, 15) is 4.79 Å². The smallest absolute Gasteiger partial charge is 0.227 e. The van der Waals surface area contributed by atoms with Gasteiger partial charge in [0.25, 0.3) is 0 Å². The van der Waals surface area contributed by atoms with Crippen molar-refractivity contribution in [2.75, 3.05) is 7.11 Å². The molecule has 2 atom stereocenters. The monoisotopic (exact) mass is 326 g/mol. The van der Waals surface area contributed by atoms with E-state index in [1.807, 2.05) is 29.1 Å². The largest absolute Gasteiger partial charge is 0.497 e. The van der Waals surface area contributed by atoms with Crippen LogP contribution in [0.2, 0.25) is 0 Å². The van der Waals surface area contributed by atoms with Gasteiger partial charge in [0, 0.05) is 12.1 Å². The minimum absolute atomic E-state index is 0.236. The van der Waals surface area contributed by atoms with E-state index in [4.69, 9.17) is 4.74 Å². The average molecular weight is 326 g/mol. The molecule has 0 saturated carbocycles. The third-order valence-corrected chi connectivity index (χ3v) is 5.27.